The number of rotatable bonds is 14. The number of nitrogens with one attached hydrogen (secondary N) is 4. The molecule has 0 aliphatic carbocycles. The highest BCUT2D eigenvalue weighted by molar-refractivity contribution is 5.94. The zero-order valence-electron chi connectivity index (χ0n) is 19.6. The largest absolute Gasteiger partial charge is 0.481 e. The maximum absolute atomic E-state index is 12.8. The van der Waals surface area contributed by atoms with Crippen molar-refractivity contribution in [3.05, 3.63) is 54.1 Å². The first-order valence-electron chi connectivity index (χ1n) is 11.2. The fraction of sp³-hybridized carbons (Fsp3) is 0.391. The van der Waals surface area contributed by atoms with Gasteiger partial charge in [-0.1, -0.05) is 30.3 Å². The van der Waals surface area contributed by atoms with Crippen molar-refractivity contribution in [2.45, 2.75) is 56.8 Å². The predicted octanol–water partition coefficient (Wildman–Crippen LogP) is -1.05. The summed E-state index contributed by atoms with van der Waals surface area (Å²) in [5.41, 5.74) is 7.18. The molecule has 0 fully saturated rings. The van der Waals surface area contributed by atoms with E-state index < -0.39 is 60.2 Å². The molecule has 0 saturated heterocycles. The first-order valence-corrected chi connectivity index (χ1v) is 11.2. The summed E-state index contributed by atoms with van der Waals surface area (Å²) in [5.74, 6) is -4.71. The van der Waals surface area contributed by atoms with Gasteiger partial charge in [0.05, 0.1) is 18.1 Å². The van der Waals surface area contributed by atoms with Gasteiger partial charge < -0.3 is 36.9 Å². The summed E-state index contributed by atoms with van der Waals surface area (Å²) in [6.07, 6.45) is 2.32. The number of aliphatic carboxylic acids is 2. The monoisotopic (exact) mass is 502 g/mol. The van der Waals surface area contributed by atoms with Gasteiger partial charge in [-0.05, 0) is 25.3 Å². The standard InChI is InChI=1S/C23H30N6O7/c1-13(20(32)29-18(23(35)36)10-15-11-25-12-26-15)27-22(34)17(7-8-19(30)31)28-21(33)16(24)9-14-5-3-2-4-6-14/h2-6,11-13,16-18H,7-10,24H2,1H3,(H,25,26)(H,27,34)(H,28,33)(H,29,32)(H,30,31)(H,35,36)/t13-,16-,17-,18-/m0/s1. The van der Waals surface area contributed by atoms with E-state index in [9.17, 15) is 29.1 Å². The molecule has 1 aromatic carbocycles. The molecule has 36 heavy (non-hydrogen) atoms. The normalized spacial score (nSPS) is 14.1. The van der Waals surface area contributed by atoms with Gasteiger partial charge in [0.2, 0.25) is 17.7 Å². The van der Waals surface area contributed by atoms with Gasteiger partial charge in [0.1, 0.15) is 18.1 Å². The maximum Gasteiger partial charge on any atom is 0.326 e. The molecule has 0 saturated carbocycles. The van der Waals surface area contributed by atoms with Crippen molar-refractivity contribution < 1.29 is 34.2 Å². The number of aromatic nitrogens is 2. The quantitative estimate of drug-likeness (QED) is 0.167. The van der Waals surface area contributed by atoms with Gasteiger partial charge in [0.15, 0.2) is 0 Å². The summed E-state index contributed by atoms with van der Waals surface area (Å²) in [6.45, 7) is 1.33. The smallest absolute Gasteiger partial charge is 0.326 e. The summed E-state index contributed by atoms with van der Waals surface area (Å²) in [7, 11) is 0. The highest BCUT2D eigenvalue weighted by atomic mass is 16.4. The number of nitrogens with zero attached hydrogens (tertiary/aromatic N) is 1. The Morgan fingerprint density at radius 3 is 2.19 bits per heavy atom. The van der Waals surface area contributed by atoms with E-state index in [4.69, 9.17) is 10.8 Å². The molecule has 3 amide bonds. The Kier molecular flexibility index (Phi) is 10.6. The molecule has 0 spiro atoms. The number of imidazole rings is 1. The SMILES string of the molecule is C[C@H](NC(=O)[C@H](CCC(=O)O)NC(=O)[C@@H](N)Cc1ccccc1)C(=O)N[C@@H](Cc1c[nH]cn1)C(=O)O. The lowest BCUT2D eigenvalue weighted by atomic mass is 10.0. The van der Waals surface area contributed by atoms with E-state index in [-0.39, 0.29) is 19.3 Å². The molecule has 0 radical (unpaired) electrons. The van der Waals surface area contributed by atoms with Crippen molar-refractivity contribution in [1.82, 2.24) is 25.9 Å². The van der Waals surface area contributed by atoms with Crippen LogP contribution in [-0.4, -0.2) is 74.0 Å². The lowest BCUT2D eigenvalue weighted by molar-refractivity contribution is -0.142. The van der Waals surface area contributed by atoms with E-state index in [1.54, 1.807) is 24.3 Å². The van der Waals surface area contributed by atoms with Crippen LogP contribution in [0.15, 0.2) is 42.9 Å². The van der Waals surface area contributed by atoms with Crippen LogP contribution in [0.5, 0.6) is 0 Å². The minimum Gasteiger partial charge on any atom is -0.481 e. The molecule has 13 nitrogen and oxygen atoms in total. The van der Waals surface area contributed by atoms with Crippen LogP contribution < -0.4 is 21.7 Å². The Balaban J connectivity index is 1.99. The molecule has 2 rings (SSSR count). The molecule has 0 unspecified atom stereocenters. The maximum atomic E-state index is 12.8. The van der Waals surface area contributed by atoms with E-state index in [0.717, 1.165) is 5.56 Å². The molecule has 0 aliphatic rings. The van der Waals surface area contributed by atoms with Crippen LogP contribution >= 0.6 is 0 Å². The Labute approximate surface area is 206 Å². The summed E-state index contributed by atoms with van der Waals surface area (Å²) >= 11 is 0. The Hall–Kier alpha value is -4.26. The van der Waals surface area contributed by atoms with Crippen molar-refractivity contribution in [2.75, 3.05) is 0 Å². The van der Waals surface area contributed by atoms with Gasteiger partial charge in [0, 0.05) is 19.0 Å². The van der Waals surface area contributed by atoms with Crippen LogP contribution in [0.3, 0.4) is 0 Å². The summed E-state index contributed by atoms with van der Waals surface area (Å²) in [6, 6.07) is 4.24. The molecule has 0 bridgehead atoms. The Bertz CT molecular complexity index is 1040. The first-order chi connectivity index (χ1) is 17.1. The molecule has 0 aliphatic heterocycles. The number of carboxylic acids is 2. The second-order valence-electron chi connectivity index (χ2n) is 8.18. The third-order valence-electron chi connectivity index (χ3n) is 5.25. The number of H-pyrrole nitrogens is 1. The van der Waals surface area contributed by atoms with E-state index in [0.29, 0.717) is 5.69 Å². The van der Waals surface area contributed by atoms with E-state index in [1.807, 2.05) is 6.07 Å². The van der Waals surface area contributed by atoms with Gasteiger partial charge in [-0.25, -0.2) is 9.78 Å². The molecule has 13 heteroatoms. The van der Waals surface area contributed by atoms with Crippen LogP contribution in [0.2, 0.25) is 0 Å². The van der Waals surface area contributed by atoms with Crippen LogP contribution in [-0.2, 0) is 36.8 Å². The number of carboxylic acid groups (broad SMARTS) is 2. The number of amides is 3. The van der Waals surface area contributed by atoms with Crippen LogP contribution in [0.25, 0.3) is 0 Å². The van der Waals surface area contributed by atoms with Crippen LogP contribution in [0, 0.1) is 0 Å². The Morgan fingerprint density at radius 2 is 1.61 bits per heavy atom. The van der Waals surface area contributed by atoms with E-state index in [1.165, 1.54) is 19.4 Å². The number of hydrogen-bond acceptors (Lipinski definition) is 7. The molecular weight excluding hydrogens is 472 g/mol. The number of carbonyl (C=O) groups is 5. The fourth-order valence-electron chi connectivity index (χ4n) is 3.26. The van der Waals surface area contributed by atoms with Crippen LogP contribution in [0.4, 0.5) is 0 Å². The minimum absolute atomic E-state index is 0.0815. The second-order valence-corrected chi connectivity index (χ2v) is 8.18. The summed E-state index contributed by atoms with van der Waals surface area (Å²) in [4.78, 5) is 67.1. The van der Waals surface area contributed by atoms with Crippen molar-refractivity contribution in [3.8, 4) is 0 Å². The van der Waals surface area contributed by atoms with Crippen molar-refractivity contribution in [2.24, 2.45) is 5.73 Å². The zero-order valence-corrected chi connectivity index (χ0v) is 19.6. The average molecular weight is 503 g/mol. The topological polar surface area (TPSA) is 217 Å². The minimum atomic E-state index is -1.29. The first kappa shape index (κ1) is 28.0. The van der Waals surface area contributed by atoms with E-state index in [2.05, 4.69) is 25.9 Å². The summed E-state index contributed by atoms with van der Waals surface area (Å²) in [5, 5.41) is 25.6. The lowest BCUT2D eigenvalue weighted by Crippen LogP contribution is -2.56. The fourth-order valence-corrected chi connectivity index (χ4v) is 3.26. The molecule has 8 N–H and O–H groups in total. The van der Waals surface area contributed by atoms with Crippen molar-refractivity contribution in [3.63, 3.8) is 0 Å². The number of benzene rings is 1. The number of aromatic amines is 1. The molecule has 2 aromatic rings. The number of nitrogens with two attached hydrogens (primary N) is 1. The van der Waals surface area contributed by atoms with E-state index >= 15 is 0 Å². The van der Waals surface area contributed by atoms with Crippen molar-refractivity contribution >= 4 is 29.7 Å². The molecule has 1 heterocycles. The van der Waals surface area contributed by atoms with Gasteiger partial charge in [-0.3, -0.25) is 19.2 Å². The molecule has 4 atom stereocenters. The lowest BCUT2D eigenvalue weighted by Gasteiger charge is -2.23. The van der Waals surface area contributed by atoms with Gasteiger partial charge in [-0.2, -0.15) is 0 Å². The van der Waals surface area contributed by atoms with Crippen LogP contribution in [0.1, 0.15) is 31.0 Å². The second kappa shape index (κ2) is 13.6. The molecule has 1 aromatic heterocycles. The highest BCUT2D eigenvalue weighted by Gasteiger charge is 2.29. The van der Waals surface area contributed by atoms with Gasteiger partial charge in [0.25, 0.3) is 0 Å². The van der Waals surface area contributed by atoms with Gasteiger partial charge >= 0.3 is 11.9 Å². The highest BCUT2D eigenvalue weighted by Crippen LogP contribution is 2.05. The molecular formula is C23H30N6O7. The third-order valence-corrected chi connectivity index (χ3v) is 5.25. The van der Waals surface area contributed by atoms with Crippen molar-refractivity contribution in [1.29, 1.82) is 0 Å². The zero-order chi connectivity index (χ0) is 26.7. The third kappa shape index (κ3) is 9.18. The Morgan fingerprint density at radius 1 is 0.944 bits per heavy atom. The number of hydrogen-bond donors (Lipinski definition) is 7. The average Bonchev–Trinajstić information content (AvgIpc) is 3.34. The predicted molar refractivity (Wildman–Crippen MR) is 126 cm³/mol. The summed E-state index contributed by atoms with van der Waals surface area (Å²) < 4.78 is 0. The molecule has 194 valence electrons. The van der Waals surface area contributed by atoms with Gasteiger partial charge in [-0.15, -0.1) is 0 Å². The number of carbonyl (C=O) groups excluding carboxylic acids is 3.